The zero-order valence-corrected chi connectivity index (χ0v) is 9.90. The lowest BCUT2D eigenvalue weighted by atomic mass is 10.1. The molecule has 0 saturated carbocycles. The van der Waals surface area contributed by atoms with Crippen LogP contribution >= 0.6 is 31.9 Å². The van der Waals surface area contributed by atoms with Gasteiger partial charge in [-0.05, 0) is 33.6 Å². The van der Waals surface area contributed by atoms with E-state index in [0.717, 1.165) is 8.95 Å². The van der Waals surface area contributed by atoms with Crippen LogP contribution in [0.15, 0.2) is 21.1 Å². The minimum Gasteiger partial charge on any atom is -0.398 e. The summed E-state index contributed by atoms with van der Waals surface area (Å²) in [5.41, 5.74) is 12.4. The van der Waals surface area contributed by atoms with Gasteiger partial charge in [0.15, 0.2) is 0 Å². The molecule has 0 aliphatic heterocycles. The van der Waals surface area contributed by atoms with Gasteiger partial charge in [-0.25, -0.2) is 4.39 Å². The molecular formula is C8H9Br2FN2. The topological polar surface area (TPSA) is 52.0 Å². The third kappa shape index (κ3) is 2.42. The maximum absolute atomic E-state index is 12.3. The summed E-state index contributed by atoms with van der Waals surface area (Å²) >= 11 is 6.54. The second kappa shape index (κ2) is 4.39. The number of benzene rings is 1. The summed E-state index contributed by atoms with van der Waals surface area (Å²) in [6, 6.07) is 2.86. The third-order valence-corrected chi connectivity index (χ3v) is 2.81. The molecule has 0 aliphatic rings. The number of alkyl halides is 1. The fraction of sp³-hybridized carbons (Fsp3) is 0.250. The van der Waals surface area contributed by atoms with Crippen molar-refractivity contribution < 1.29 is 4.39 Å². The van der Waals surface area contributed by atoms with Crippen LogP contribution in [0.25, 0.3) is 0 Å². The number of hydrogen-bond acceptors (Lipinski definition) is 2. The van der Waals surface area contributed by atoms with Gasteiger partial charge in [-0.15, -0.1) is 0 Å². The van der Waals surface area contributed by atoms with Crippen molar-refractivity contribution in [2.75, 3.05) is 12.4 Å². The Labute approximate surface area is 92.7 Å². The normalized spacial score (nSPS) is 12.9. The quantitative estimate of drug-likeness (QED) is 0.825. The Hall–Kier alpha value is -0.130. The highest BCUT2D eigenvalue weighted by molar-refractivity contribution is 9.11. The van der Waals surface area contributed by atoms with Crippen LogP contribution in [-0.4, -0.2) is 6.67 Å². The standard InChI is InChI=1S/C8H9Br2FN2/c9-4-1-5(7(12)3-11)8(13)6(10)2-4/h1-2,7H,3,12-13H2/t7-/m0/s1. The van der Waals surface area contributed by atoms with E-state index in [2.05, 4.69) is 31.9 Å². The lowest BCUT2D eigenvalue weighted by Gasteiger charge is -2.12. The van der Waals surface area contributed by atoms with Gasteiger partial charge < -0.3 is 11.5 Å². The number of rotatable bonds is 2. The molecule has 4 N–H and O–H groups in total. The molecule has 0 spiro atoms. The third-order valence-electron chi connectivity index (χ3n) is 1.69. The van der Waals surface area contributed by atoms with E-state index in [0.29, 0.717) is 11.3 Å². The summed E-state index contributed by atoms with van der Waals surface area (Å²) in [5, 5.41) is 0. The molecule has 1 atom stereocenters. The summed E-state index contributed by atoms with van der Waals surface area (Å²) in [4.78, 5) is 0. The van der Waals surface area contributed by atoms with Gasteiger partial charge in [-0.1, -0.05) is 15.9 Å². The van der Waals surface area contributed by atoms with Gasteiger partial charge in [-0.2, -0.15) is 0 Å². The van der Waals surface area contributed by atoms with Crippen molar-refractivity contribution in [1.29, 1.82) is 0 Å². The predicted molar refractivity (Wildman–Crippen MR) is 59.2 cm³/mol. The highest BCUT2D eigenvalue weighted by Gasteiger charge is 2.12. The van der Waals surface area contributed by atoms with Crippen molar-refractivity contribution >= 4 is 37.5 Å². The van der Waals surface area contributed by atoms with Crippen LogP contribution < -0.4 is 11.5 Å². The van der Waals surface area contributed by atoms with Crippen LogP contribution in [0.4, 0.5) is 10.1 Å². The first kappa shape index (κ1) is 10.9. The van der Waals surface area contributed by atoms with E-state index in [4.69, 9.17) is 11.5 Å². The average Bonchev–Trinajstić information content (AvgIpc) is 2.10. The second-order valence-electron chi connectivity index (χ2n) is 2.65. The maximum atomic E-state index is 12.3. The largest absolute Gasteiger partial charge is 0.398 e. The van der Waals surface area contributed by atoms with E-state index in [1.54, 1.807) is 12.1 Å². The van der Waals surface area contributed by atoms with Gasteiger partial charge >= 0.3 is 0 Å². The molecule has 0 bridgehead atoms. The average molecular weight is 312 g/mol. The van der Waals surface area contributed by atoms with E-state index in [-0.39, 0.29) is 0 Å². The molecule has 0 radical (unpaired) electrons. The number of halogens is 3. The molecular weight excluding hydrogens is 303 g/mol. The summed E-state index contributed by atoms with van der Waals surface area (Å²) in [7, 11) is 0. The number of nitrogens with two attached hydrogens (primary N) is 2. The molecule has 0 amide bonds. The Kier molecular flexibility index (Phi) is 3.70. The molecule has 2 nitrogen and oxygen atoms in total. The smallest absolute Gasteiger partial charge is 0.109 e. The number of nitrogen functional groups attached to an aromatic ring is 1. The summed E-state index contributed by atoms with van der Waals surface area (Å²) in [6.07, 6.45) is 0. The van der Waals surface area contributed by atoms with Crippen molar-refractivity contribution in [3.63, 3.8) is 0 Å². The van der Waals surface area contributed by atoms with E-state index in [1.807, 2.05) is 0 Å². The Morgan fingerprint density at radius 2 is 2.00 bits per heavy atom. The fourth-order valence-corrected chi connectivity index (χ4v) is 2.25. The van der Waals surface area contributed by atoms with E-state index in [9.17, 15) is 4.39 Å². The minimum atomic E-state index is -0.659. The Bertz CT molecular complexity index is 317. The zero-order valence-electron chi connectivity index (χ0n) is 6.73. The molecule has 0 heterocycles. The van der Waals surface area contributed by atoms with E-state index < -0.39 is 12.7 Å². The maximum Gasteiger partial charge on any atom is 0.109 e. The Morgan fingerprint density at radius 1 is 1.38 bits per heavy atom. The molecule has 1 aromatic carbocycles. The molecule has 0 aliphatic carbocycles. The van der Waals surface area contributed by atoms with Crippen LogP contribution in [0.3, 0.4) is 0 Å². The van der Waals surface area contributed by atoms with Crippen LogP contribution in [0.2, 0.25) is 0 Å². The fourth-order valence-electron chi connectivity index (χ4n) is 0.995. The summed E-state index contributed by atoms with van der Waals surface area (Å²) in [6.45, 7) is -0.618. The first-order chi connectivity index (χ1) is 6.06. The Balaban J connectivity index is 3.20. The lowest BCUT2D eigenvalue weighted by molar-refractivity contribution is 0.437. The van der Waals surface area contributed by atoms with Crippen molar-refractivity contribution in [2.24, 2.45) is 5.73 Å². The molecule has 0 aromatic heterocycles. The SMILES string of the molecule is Nc1c(Br)cc(Br)cc1[C@@H](N)CF. The van der Waals surface area contributed by atoms with Crippen molar-refractivity contribution in [1.82, 2.24) is 0 Å². The van der Waals surface area contributed by atoms with E-state index in [1.165, 1.54) is 0 Å². The van der Waals surface area contributed by atoms with Gasteiger partial charge in [0, 0.05) is 8.95 Å². The van der Waals surface area contributed by atoms with Gasteiger partial charge in [0.2, 0.25) is 0 Å². The van der Waals surface area contributed by atoms with Crippen LogP contribution in [0, 0.1) is 0 Å². The van der Waals surface area contributed by atoms with Gasteiger partial charge in [0.05, 0.1) is 11.7 Å². The zero-order chi connectivity index (χ0) is 10.0. The van der Waals surface area contributed by atoms with Gasteiger partial charge in [0.1, 0.15) is 6.67 Å². The molecule has 1 rings (SSSR count). The number of anilines is 1. The van der Waals surface area contributed by atoms with Gasteiger partial charge in [0.25, 0.3) is 0 Å². The van der Waals surface area contributed by atoms with Crippen molar-refractivity contribution in [3.05, 3.63) is 26.6 Å². The highest BCUT2D eigenvalue weighted by Crippen LogP contribution is 2.31. The molecule has 1 aromatic rings. The number of hydrogen-bond donors (Lipinski definition) is 2. The lowest BCUT2D eigenvalue weighted by Crippen LogP contribution is -2.14. The van der Waals surface area contributed by atoms with Crippen LogP contribution in [0.5, 0.6) is 0 Å². The van der Waals surface area contributed by atoms with Gasteiger partial charge in [-0.3, -0.25) is 0 Å². The highest BCUT2D eigenvalue weighted by atomic mass is 79.9. The van der Waals surface area contributed by atoms with Crippen molar-refractivity contribution in [3.8, 4) is 0 Å². The minimum absolute atomic E-state index is 0.494. The Morgan fingerprint density at radius 3 is 2.54 bits per heavy atom. The second-order valence-corrected chi connectivity index (χ2v) is 4.42. The molecule has 13 heavy (non-hydrogen) atoms. The first-order valence-electron chi connectivity index (χ1n) is 3.62. The summed E-state index contributed by atoms with van der Waals surface area (Å²) in [5.74, 6) is 0. The molecule has 72 valence electrons. The van der Waals surface area contributed by atoms with E-state index >= 15 is 0 Å². The van der Waals surface area contributed by atoms with Crippen LogP contribution in [-0.2, 0) is 0 Å². The molecule has 5 heteroatoms. The predicted octanol–water partition coefficient (Wildman–Crippen LogP) is 2.76. The van der Waals surface area contributed by atoms with Crippen molar-refractivity contribution in [2.45, 2.75) is 6.04 Å². The molecule has 0 unspecified atom stereocenters. The molecule has 0 fully saturated rings. The summed E-state index contributed by atoms with van der Waals surface area (Å²) < 4.78 is 13.9. The van der Waals surface area contributed by atoms with Crippen LogP contribution in [0.1, 0.15) is 11.6 Å². The monoisotopic (exact) mass is 310 g/mol. The molecule has 0 saturated heterocycles. The first-order valence-corrected chi connectivity index (χ1v) is 5.20.